The number of hydrogen-bond donors (Lipinski definition) is 2. The Hall–Kier alpha value is -0.0800. The van der Waals surface area contributed by atoms with Crippen LogP contribution in [0.3, 0.4) is 0 Å². The molecule has 2 nitrogen and oxygen atoms in total. The first kappa shape index (κ1) is 18.3. The van der Waals surface area contributed by atoms with Crippen LogP contribution < -0.4 is 0 Å². The highest BCUT2D eigenvalue weighted by molar-refractivity contribution is 5.08. The molecule has 144 valence electrons. The summed E-state index contributed by atoms with van der Waals surface area (Å²) in [4.78, 5) is 0. The molecule has 0 spiro atoms. The van der Waals surface area contributed by atoms with E-state index in [1.807, 2.05) is 0 Å². The van der Waals surface area contributed by atoms with E-state index in [4.69, 9.17) is 0 Å². The summed E-state index contributed by atoms with van der Waals surface area (Å²) in [5.41, 5.74) is 0.109. The third-order valence-corrected chi connectivity index (χ3v) is 9.59. The maximum absolute atomic E-state index is 10.5. The number of hydrogen-bond acceptors (Lipinski definition) is 2. The Kier molecular flexibility index (Phi) is 4.36. The average Bonchev–Trinajstić information content (AvgIpc) is 2.91. The van der Waals surface area contributed by atoms with E-state index in [0.29, 0.717) is 17.9 Å². The highest BCUT2D eigenvalue weighted by Gasteiger charge is 2.59. The van der Waals surface area contributed by atoms with Gasteiger partial charge in [-0.25, -0.2) is 0 Å². The van der Waals surface area contributed by atoms with Crippen LogP contribution in [-0.2, 0) is 0 Å². The molecule has 2 N–H and O–H groups in total. The van der Waals surface area contributed by atoms with Crippen LogP contribution in [-0.4, -0.2) is 22.4 Å². The smallest absolute Gasteiger partial charge is 0.0622 e. The number of aliphatic hydroxyl groups is 2. The van der Waals surface area contributed by atoms with Crippen LogP contribution in [0.15, 0.2) is 0 Å². The fourth-order valence-electron chi connectivity index (χ4n) is 8.48. The summed E-state index contributed by atoms with van der Waals surface area (Å²) in [5, 5.41) is 20.5. The lowest BCUT2D eigenvalue weighted by atomic mass is 9.48. The van der Waals surface area contributed by atoms with Crippen molar-refractivity contribution < 1.29 is 10.2 Å². The van der Waals surface area contributed by atoms with Gasteiger partial charge in [-0.1, -0.05) is 20.8 Å². The molecule has 0 aromatic carbocycles. The summed E-state index contributed by atoms with van der Waals surface area (Å²) in [6, 6.07) is 0. The van der Waals surface area contributed by atoms with E-state index < -0.39 is 5.60 Å². The highest BCUT2D eigenvalue weighted by Crippen LogP contribution is 2.67. The van der Waals surface area contributed by atoms with Gasteiger partial charge in [-0.15, -0.1) is 0 Å². The lowest BCUT2D eigenvalue weighted by Gasteiger charge is -2.58. The van der Waals surface area contributed by atoms with Crippen molar-refractivity contribution in [3.8, 4) is 0 Å². The van der Waals surface area contributed by atoms with Crippen LogP contribution >= 0.6 is 0 Å². The summed E-state index contributed by atoms with van der Waals surface area (Å²) in [5.74, 6) is 5.06. The summed E-state index contributed by atoms with van der Waals surface area (Å²) >= 11 is 0. The molecule has 0 amide bonds. The minimum absolute atomic E-state index is 0.0665. The van der Waals surface area contributed by atoms with E-state index in [9.17, 15) is 10.2 Å². The van der Waals surface area contributed by atoms with Crippen molar-refractivity contribution in [2.75, 3.05) is 6.61 Å². The van der Waals surface area contributed by atoms with Gasteiger partial charge in [0, 0.05) is 6.61 Å². The van der Waals surface area contributed by atoms with Crippen molar-refractivity contribution >= 4 is 0 Å². The molecule has 4 aliphatic rings. The molecule has 0 aromatic heterocycles. The first-order valence-electron chi connectivity index (χ1n) is 11.0. The van der Waals surface area contributed by atoms with Gasteiger partial charge in [-0.05, 0) is 111 Å². The molecule has 4 rings (SSSR count). The zero-order chi connectivity index (χ0) is 18.0. The Morgan fingerprint density at radius 3 is 2.32 bits per heavy atom. The Morgan fingerprint density at radius 2 is 1.60 bits per heavy atom. The highest BCUT2D eigenvalue weighted by atomic mass is 16.3. The molecule has 25 heavy (non-hydrogen) atoms. The quantitative estimate of drug-likeness (QED) is 0.735. The van der Waals surface area contributed by atoms with Gasteiger partial charge in [0.1, 0.15) is 0 Å². The fourth-order valence-corrected chi connectivity index (χ4v) is 8.48. The lowest BCUT2D eigenvalue weighted by molar-refractivity contribution is -0.110. The topological polar surface area (TPSA) is 40.5 Å². The minimum atomic E-state index is -0.402. The monoisotopic (exact) mass is 348 g/mol. The van der Waals surface area contributed by atoms with Crippen molar-refractivity contribution in [3.63, 3.8) is 0 Å². The van der Waals surface area contributed by atoms with E-state index in [-0.39, 0.29) is 5.41 Å². The third kappa shape index (κ3) is 2.81. The van der Waals surface area contributed by atoms with E-state index in [0.717, 1.165) is 42.4 Å². The number of fused-ring (bicyclic) bond motifs is 5. The molecule has 0 radical (unpaired) electrons. The van der Waals surface area contributed by atoms with Crippen molar-refractivity contribution in [1.82, 2.24) is 0 Å². The Bertz CT molecular complexity index is 510. The predicted molar refractivity (Wildman–Crippen MR) is 102 cm³/mol. The first-order chi connectivity index (χ1) is 11.7. The molecule has 2 heteroatoms. The molecular weight excluding hydrogens is 308 g/mol. The van der Waals surface area contributed by atoms with E-state index >= 15 is 0 Å². The molecule has 4 aliphatic carbocycles. The van der Waals surface area contributed by atoms with E-state index in [1.54, 1.807) is 0 Å². The number of rotatable bonds is 2. The maximum Gasteiger partial charge on any atom is 0.0622 e. The molecule has 0 aliphatic heterocycles. The summed E-state index contributed by atoms with van der Waals surface area (Å²) in [6.45, 7) is 9.54. The van der Waals surface area contributed by atoms with Crippen LogP contribution in [0.2, 0.25) is 0 Å². The van der Waals surface area contributed by atoms with Gasteiger partial charge in [0.2, 0.25) is 0 Å². The Balaban J connectivity index is 1.55. The SMILES string of the molecule is CC(C)(CO)[C@H]1CC[C@H]2[C@@H]3CC[C@@H]4C[C@](C)(O)CC[C@@H]4[C@H]3CC[C@]12C. The molecule has 4 saturated carbocycles. The van der Waals surface area contributed by atoms with Gasteiger partial charge < -0.3 is 10.2 Å². The van der Waals surface area contributed by atoms with Gasteiger partial charge in [0.25, 0.3) is 0 Å². The lowest BCUT2D eigenvalue weighted by Crippen LogP contribution is -2.51. The second-order valence-electron chi connectivity index (χ2n) is 11.5. The van der Waals surface area contributed by atoms with Gasteiger partial charge in [0.05, 0.1) is 5.60 Å². The Labute approximate surface area is 154 Å². The molecule has 4 fully saturated rings. The molecule has 0 unspecified atom stereocenters. The molecule has 0 saturated heterocycles. The average molecular weight is 349 g/mol. The summed E-state index contributed by atoms with van der Waals surface area (Å²) in [6.07, 6.45) is 11.5. The Morgan fingerprint density at radius 1 is 0.880 bits per heavy atom. The summed E-state index contributed by atoms with van der Waals surface area (Å²) in [7, 11) is 0. The predicted octanol–water partition coefficient (Wildman–Crippen LogP) is 5.02. The van der Waals surface area contributed by atoms with Crippen LogP contribution in [0.25, 0.3) is 0 Å². The van der Waals surface area contributed by atoms with Crippen molar-refractivity contribution in [1.29, 1.82) is 0 Å². The van der Waals surface area contributed by atoms with Crippen molar-refractivity contribution in [2.24, 2.45) is 46.3 Å². The van der Waals surface area contributed by atoms with Crippen molar-refractivity contribution in [2.45, 2.75) is 91.1 Å². The van der Waals surface area contributed by atoms with Gasteiger partial charge >= 0.3 is 0 Å². The van der Waals surface area contributed by atoms with Crippen LogP contribution in [0.1, 0.15) is 85.5 Å². The maximum atomic E-state index is 10.5. The molecular formula is C23H40O2. The standard InChI is InChI=1S/C23H40O2/c1-21(2,14-24)20-8-7-19-18-6-5-15-13-22(3,25)11-9-16(15)17(18)10-12-23(19,20)4/h15-20,24-25H,5-14H2,1-4H3/t15-,16+,17-,18-,19+,20-,22-,23+/m1/s1. The van der Waals surface area contributed by atoms with Crippen LogP contribution in [0.5, 0.6) is 0 Å². The molecule has 0 heterocycles. The fraction of sp³-hybridized carbons (Fsp3) is 1.00. The van der Waals surface area contributed by atoms with Crippen LogP contribution in [0, 0.1) is 46.3 Å². The second kappa shape index (κ2) is 5.96. The minimum Gasteiger partial charge on any atom is -0.396 e. The van der Waals surface area contributed by atoms with E-state index in [1.165, 1.54) is 44.9 Å². The summed E-state index contributed by atoms with van der Waals surface area (Å²) < 4.78 is 0. The molecule has 8 atom stereocenters. The largest absolute Gasteiger partial charge is 0.396 e. The van der Waals surface area contributed by atoms with Gasteiger partial charge in [-0.2, -0.15) is 0 Å². The van der Waals surface area contributed by atoms with Gasteiger partial charge in [0.15, 0.2) is 0 Å². The van der Waals surface area contributed by atoms with Crippen LogP contribution in [0.4, 0.5) is 0 Å². The number of aliphatic hydroxyl groups excluding tert-OH is 1. The zero-order valence-electron chi connectivity index (χ0n) is 16.9. The molecule has 0 aromatic rings. The third-order valence-electron chi connectivity index (χ3n) is 9.59. The molecule has 0 bridgehead atoms. The second-order valence-corrected chi connectivity index (χ2v) is 11.5. The zero-order valence-corrected chi connectivity index (χ0v) is 16.9. The first-order valence-corrected chi connectivity index (χ1v) is 11.0. The van der Waals surface area contributed by atoms with E-state index in [2.05, 4.69) is 27.7 Å². The van der Waals surface area contributed by atoms with Crippen molar-refractivity contribution in [3.05, 3.63) is 0 Å². The van der Waals surface area contributed by atoms with Gasteiger partial charge in [-0.3, -0.25) is 0 Å². The normalized spacial score (nSPS) is 53.0.